The number of amides is 1. The van der Waals surface area contributed by atoms with Crippen molar-refractivity contribution in [3.63, 3.8) is 0 Å². The van der Waals surface area contributed by atoms with E-state index in [0.29, 0.717) is 11.5 Å². The molecule has 2 heterocycles. The van der Waals surface area contributed by atoms with Crippen LogP contribution in [0.5, 0.6) is 0 Å². The molecule has 1 N–H and O–H groups in total. The largest absolute Gasteiger partial charge is 0.436 e. The smallest absolute Gasteiger partial charge is 0.228 e. The van der Waals surface area contributed by atoms with Crippen LogP contribution in [0.25, 0.3) is 22.6 Å². The van der Waals surface area contributed by atoms with Gasteiger partial charge in [-0.05, 0) is 43.2 Å². The fourth-order valence-electron chi connectivity index (χ4n) is 3.23. The molecular formula is C19H19N3O2. The molecule has 3 aromatic rings. The van der Waals surface area contributed by atoms with Crippen LogP contribution >= 0.6 is 0 Å². The first-order chi connectivity index (χ1) is 11.8. The number of nitrogens with one attached hydrogen (secondary N) is 1. The van der Waals surface area contributed by atoms with Crippen molar-refractivity contribution in [1.29, 1.82) is 0 Å². The van der Waals surface area contributed by atoms with E-state index in [-0.39, 0.29) is 11.8 Å². The molecule has 1 amide bonds. The first kappa shape index (κ1) is 14.9. The van der Waals surface area contributed by atoms with Crippen LogP contribution in [0.4, 0.5) is 5.69 Å². The molecule has 5 nitrogen and oxygen atoms in total. The second kappa shape index (κ2) is 6.43. The van der Waals surface area contributed by atoms with Gasteiger partial charge in [0.05, 0.1) is 5.56 Å². The van der Waals surface area contributed by atoms with E-state index >= 15 is 0 Å². The molecule has 0 saturated heterocycles. The number of pyridine rings is 1. The lowest BCUT2D eigenvalue weighted by molar-refractivity contribution is -0.120. The third kappa shape index (κ3) is 3.02. The zero-order chi connectivity index (χ0) is 16.4. The van der Waals surface area contributed by atoms with Crippen molar-refractivity contribution in [2.45, 2.75) is 32.1 Å². The summed E-state index contributed by atoms with van der Waals surface area (Å²) in [7, 11) is 0. The van der Waals surface area contributed by atoms with Crippen LogP contribution in [-0.4, -0.2) is 15.9 Å². The number of rotatable bonds is 3. The highest BCUT2D eigenvalue weighted by molar-refractivity contribution is 5.94. The predicted octanol–water partition coefficient (Wildman–Crippen LogP) is 4.41. The molecule has 0 unspecified atom stereocenters. The van der Waals surface area contributed by atoms with E-state index in [2.05, 4.69) is 15.3 Å². The molecule has 122 valence electrons. The van der Waals surface area contributed by atoms with E-state index in [1.54, 1.807) is 12.4 Å². The van der Waals surface area contributed by atoms with Crippen LogP contribution in [-0.2, 0) is 4.79 Å². The zero-order valence-corrected chi connectivity index (χ0v) is 13.4. The van der Waals surface area contributed by atoms with Gasteiger partial charge in [-0.15, -0.1) is 0 Å². The lowest BCUT2D eigenvalue weighted by Gasteiger charge is -2.20. The monoisotopic (exact) mass is 321 g/mol. The van der Waals surface area contributed by atoms with Gasteiger partial charge in [0.1, 0.15) is 5.52 Å². The lowest BCUT2D eigenvalue weighted by atomic mass is 9.88. The number of hydrogen-bond acceptors (Lipinski definition) is 4. The second-order valence-corrected chi connectivity index (χ2v) is 6.27. The Labute approximate surface area is 140 Å². The molecule has 0 radical (unpaired) electrons. The lowest BCUT2D eigenvalue weighted by Crippen LogP contribution is -2.24. The molecule has 1 aliphatic rings. The highest BCUT2D eigenvalue weighted by Crippen LogP contribution is 2.28. The van der Waals surface area contributed by atoms with Gasteiger partial charge in [0.2, 0.25) is 11.8 Å². The molecular weight excluding hydrogens is 302 g/mol. The van der Waals surface area contributed by atoms with Crippen molar-refractivity contribution in [3.05, 3.63) is 42.7 Å². The van der Waals surface area contributed by atoms with Gasteiger partial charge in [-0.2, -0.15) is 0 Å². The van der Waals surface area contributed by atoms with Gasteiger partial charge < -0.3 is 9.73 Å². The number of hydrogen-bond donors (Lipinski definition) is 1. The van der Waals surface area contributed by atoms with Crippen LogP contribution in [0.3, 0.4) is 0 Å². The van der Waals surface area contributed by atoms with E-state index in [1.165, 1.54) is 6.42 Å². The molecule has 0 bridgehead atoms. The van der Waals surface area contributed by atoms with E-state index in [4.69, 9.17) is 4.42 Å². The average molecular weight is 321 g/mol. The maximum Gasteiger partial charge on any atom is 0.228 e. The Morgan fingerprint density at radius 3 is 2.83 bits per heavy atom. The summed E-state index contributed by atoms with van der Waals surface area (Å²) in [4.78, 5) is 21.0. The van der Waals surface area contributed by atoms with Crippen LogP contribution in [0.2, 0.25) is 0 Å². The summed E-state index contributed by atoms with van der Waals surface area (Å²) < 4.78 is 5.77. The number of carbonyl (C=O) groups is 1. The minimum Gasteiger partial charge on any atom is -0.436 e. The molecule has 0 aliphatic heterocycles. The van der Waals surface area contributed by atoms with Crippen molar-refractivity contribution >= 4 is 22.7 Å². The van der Waals surface area contributed by atoms with E-state index in [1.807, 2.05) is 30.3 Å². The van der Waals surface area contributed by atoms with Gasteiger partial charge >= 0.3 is 0 Å². The Morgan fingerprint density at radius 2 is 2.04 bits per heavy atom. The van der Waals surface area contributed by atoms with E-state index in [0.717, 1.165) is 42.5 Å². The van der Waals surface area contributed by atoms with Crippen molar-refractivity contribution < 1.29 is 9.21 Å². The number of nitrogens with zero attached hydrogens (tertiary/aromatic N) is 2. The molecule has 2 aromatic heterocycles. The number of benzene rings is 1. The predicted molar refractivity (Wildman–Crippen MR) is 92.4 cm³/mol. The summed E-state index contributed by atoms with van der Waals surface area (Å²) in [6.07, 6.45) is 8.95. The van der Waals surface area contributed by atoms with Gasteiger partial charge in [0.15, 0.2) is 5.58 Å². The van der Waals surface area contributed by atoms with Gasteiger partial charge in [-0.3, -0.25) is 9.78 Å². The van der Waals surface area contributed by atoms with Gasteiger partial charge in [0.25, 0.3) is 0 Å². The van der Waals surface area contributed by atoms with Crippen LogP contribution in [0, 0.1) is 5.92 Å². The van der Waals surface area contributed by atoms with E-state index in [9.17, 15) is 4.79 Å². The fourth-order valence-corrected chi connectivity index (χ4v) is 3.23. The molecule has 1 fully saturated rings. The molecule has 1 aromatic carbocycles. The number of oxazole rings is 1. The van der Waals surface area contributed by atoms with Crippen LogP contribution in [0.1, 0.15) is 32.1 Å². The molecule has 1 aliphatic carbocycles. The third-order valence-corrected chi connectivity index (χ3v) is 4.54. The normalized spacial score (nSPS) is 15.5. The topological polar surface area (TPSA) is 68.0 Å². The summed E-state index contributed by atoms with van der Waals surface area (Å²) in [5.74, 6) is 0.789. The van der Waals surface area contributed by atoms with E-state index < -0.39 is 0 Å². The Balaban J connectivity index is 1.56. The highest BCUT2D eigenvalue weighted by atomic mass is 16.3. The third-order valence-electron chi connectivity index (χ3n) is 4.54. The minimum absolute atomic E-state index is 0.116. The maximum atomic E-state index is 12.4. The van der Waals surface area contributed by atoms with Crippen molar-refractivity contribution in [2.24, 2.45) is 5.92 Å². The maximum absolute atomic E-state index is 12.4. The SMILES string of the molecule is O=C(Nc1ccc2oc(-c3cccnc3)nc2c1)C1CCCCC1. The van der Waals surface area contributed by atoms with Crippen LogP contribution < -0.4 is 5.32 Å². The number of carbonyl (C=O) groups excluding carboxylic acids is 1. The molecule has 0 spiro atoms. The second-order valence-electron chi connectivity index (χ2n) is 6.27. The standard InChI is InChI=1S/C19H19N3O2/c23-18(13-5-2-1-3-6-13)21-15-8-9-17-16(11-15)22-19(24-17)14-7-4-10-20-12-14/h4,7-13H,1-3,5-6H2,(H,21,23). The summed E-state index contributed by atoms with van der Waals surface area (Å²) in [6, 6.07) is 9.32. The van der Waals surface area contributed by atoms with Crippen molar-refractivity contribution in [2.75, 3.05) is 5.32 Å². The Kier molecular flexibility index (Phi) is 3.99. The Hall–Kier alpha value is -2.69. The van der Waals surface area contributed by atoms with Gasteiger partial charge in [0, 0.05) is 24.0 Å². The molecule has 4 rings (SSSR count). The van der Waals surface area contributed by atoms with Crippen LogP contribution in [0.15, 0.2) is 47.1 Å². The molecule has 24 heavy (non-hydrogen) atoms. The summed E-state index contributed by atoms with van der Waals surface area (Å²) in [5, 5.41) is 3.02. The first-order valence-corrected chi connectivity index (χ1v) is 8.41. The summed E-state index contributed by atoms with van der Waals surface area (Å²) in [5.41, 5.74) is 3.03. The Morgan fingerprint density at radius 1 is 1.17 bits per heavy atom. The highest BCUT2D eigenvalue weighted by Gasteiger charge is 2.21. The number of aromatic nitrogens is 2. The van der Waals surface area contributed by atoms with Gasteiger partial charge in [-0.1, -0.05) is 19.3 Å². The fraction of sp³-hybridized carbons (Fsp3) is 0.316. The number of fused-ring (bicyclic) bond motifs is 1. The molecule has 0 atom stereocenters. The van der Waals surface area contributed by atoms with Gasteiger partial charge in [-0.25, -0.2) is 4.98 Å². The average Bonchev–Trinajstić information content (AvgIpc) is 3.06. The first-order valence-electron chi connectivity index (χ1n) is 8.41. The van der Waals surface area contributed by atoms with Crippen molar-refractivity contribution in [3.8, 4) is 11.5 Å². The summed E-state index contributed by atoms with van der Waals surface area (Å²) in [6.45, 7) is 0. The quantitative estimate of drug-likeness (QED) is 0.776. The number of anilines is 1. The Bertz CT molecular complexity index is 851. The minimum atomic E-state index is 0.116. The zero-order valence-electron chi connectivity index (χ0n) is 13.4. The van der Waals surface area contributed by atoms with Crippen molar-refractivity contribution in [1.82, 2.24) is 9.97 Å². The molecule has 5 heteroatoms. The molecule has 1 saturated carbocycles. The summed E-state index contributed by atoms with van der Waals surface area (Å²) >= 11 is 0.